The first-order valence-corrected chi connectivity index (χ1v) is 11.9. The number of carbonyl (C=O) groups is 1. The first kappa shape index (κ1) is 24.6. The van der Waals surface area contributed by atoms with E-state index in [1.54, 1.807) is 24.4 Å². The molecule has 0 atom stereocenters. The molecule has 2 aromatic carbocycles. The number of anilines is 1. The number of rotatable bonds is 6. The van der Waals surface area contributed by atoms with Crippen LogP contribution in [0.2, 0.25) is 0 Å². The summed E-state index contributed by atoms with van der Waals surface area (Å²) < 4.78 is 49.8. The number of ether oxygens (including phenoxy) is 2. The number of alkyl halides is 3. The van der Waals surface area contributed by atoms with Gasteiger partial charge in [-0.2, -0.15) is 13.2 Å². The fraction of sp³-hybridized carbons (Fsp3) is 0.296. The highest BCUT2D eigenvalue weighted by atomic mass is 19.4. The summed E-state index contributed by atoms with van der Waals surface area (Å²) in [7, 11) is 1.35. The predicted molar refractivity (Wildman–Crippen MR) is 133 cm³/mol. The summed E-state index contributed by atoms with van der Waals surface area (Å²) in [4.78, 5) is 26.1. The first-order valence-electron chi connectivity index (χ1n) is 11.9. The number of imidazole rings is 1. The normalized spacial score (nSPS) is 14.6. The van der Waals surface area contributed by atoms with Gasteiger partial charge in [0.05, 0.1) is 30.3 Å². The van der Waals surface area contributed by atoms with Crippen molar-refractivity contribution in [2.45, 2.75) is 19.0 Å². The molecule has 1 aliphatic rings. The summed E-state index contributed by atoms with van der Waals surface area (Å²) in [6.07, 6.45) is -0.906. The lowest BCUT2D eigenvalue weighted by molar-refractivity contribution is -0.137. The number of aromatic amines is 1. The third-order valence-electron chi connectivity index (χ3n) is 6.54. The first-order chi connectivity index (χ1) is 17.8. The van der Waals surface area contributed by atoms with Gasteiger partial charge in [0.2, 0.25) is 0 Å². The zero-order valence-corrected chi connectivity index (χ0v) is 20.1. The molecule has 1 fully saturated rings. The van der Waals surface area contributed by atoms with Crippen LogP contribution in [0.15, 0.2) is 60.8 Å². The summed E-state index contributed by atoms with van der Waals surface area (Å²) in [5.74, 6) is 1.74. The Hall–Kier alpha value is -4.08. The van der Waals surface area contributed by atoms with Crippen molar-refractivity contribution in [2.24, 2.45) is 5.92 Å². The highest BCUT2D eigenvalue weighted by Gasteiger charge is 2.30. The largest absolute Gasteiger partial charge is 0.492 e. The molecule has 0 radical (unpaired) electrons. The number of nitrogens with one attached hydrogen (secondary N) is 1. The summed E-state index contributed by atoms with van der Waals surface area (Å²) in [5, 5.41) is 0. The summed E-state index contributed by atoms with van der Waals surface area (Å²) in [6.45, 7) is 2.13. The number of benzene rings is 2. The molecule has 0 aliphatic carbocycles. The minimum atomic E-state index is -4.41. The molecule has 1 saturated heterocycles. The smallest absolute Gasteiger partial charge is 0.416 e. The standard InChI is InChI=1S/C27H25F3N4O3/c1-36-26(35)20-4-2-3-5-23(20)37-16-17-10-12-34(13-11-17)24-9-6-18(15-31-24)25-32-21-8-7-19(27(28,29)30)14-22(21)33-25/h2-9,14-15,17H,10-13,16H2,1H3,(H,32,33). The van der Waals surface area contributed by atoms with Gasteiger partial charge in [0, 0.05) is 24.8 Å². The maximum atomic E-state index is 13.0. The lowest BCUT2D eigenvalue weighted by Gasteiger charge is -2.32. The Morgan fingerprint density at radius 3 is 2.59 bits per heavy atom. The van der Waals surface area contributed by atoms with Crippen molar-refractivity contribution in [3.05, 3.63) is 71.9 Å². The maximum absolute atomic E-state index is 13.0. The molecule has 37 heavy (non-hydrogen) atoms. The number of fused-ring (bicyclic) bond motifs is 1. The number of hydrogen-bond acceptors (Lipinski definition) is 6. The van der Waals surface area contributed by atoms with E-state index in [0.29, 0.717) is 46.3 Å². The molecule has 192 valence electrons. The number of methoxy groups -OCH3 is 1. The fourth-order valence-electron chi connectivity index (χ4n) is 4.44. The molecule has 0 saturated carbocycles. The number of aromatic nitrogens is 3. The lowest BCUT2D eigenvalue weighted by Crippen LogP contribution is -2.36. The van der Waals surface area contributed by atoms with Crippen LogP contribution in [0.4, 0.5) is 19.0 Å². The molecule has 2 aromatic heterocycles. The second kappa shape index (κ2) is 10.1. The number of nitrogens with zero attached hydrogens (tertiary/aromatic N) is 3. The van der Waals surface area contributed by atoms with Crippen LogP contribution in [0.1, 0.15) is 28.8 Å². The van der Waals surface area contributed by atoms with Crippen LogP contribution < -0.4 is 9.64 Å². The van der Waals surface area contributed by atoms with Gasteiger partial charge in [0.1, 0.15) is 23.0 Å². The van der Waals surface area contributed by atoms with Gasteiger partial charge in [-0.3, -0.25) is 0 Å². The number of pyridine rings is 1. The van der Waals surface area contributed by atoms with Crippen molar-refractivity contribution >= 4 is 22.8 Å². The van der Waals surface area contributed by atoms with Gasteiger partial charge in [-0.25, -0.2) is 14.8 Å². The van der Waals surface area contributed by atoms with E-state index in [1.165, 1.54) is 13.2 Å². The van der Waals surface area contributed by atoms with Gasteiger partial charge in [-0.05, 0) is 61.2 Å². The Balaban J connectivity index is 1.19. The second-order valence-corrected chi connectivity index (χ2v) is 8.95. The van der Waals surface area contributed by atoms with Gasteiger partial charge in [0.25, 0.3) is 0 Å². The van der Waals surface area contributed by atoms with Crippen LogP contribution in [0.25, 0.3) is 22.4 Å². The van der Waals surface area contributed by atoms with Crippen LogP contribution in [-0.2, 0) is 10.9 Å². The number of halogens is 3. The number of carbonyl (C=O) groups excluding carboxylic acids is 1. The Labute approximate surface area is 211 Å². The molecule has 0 bridgehead atoms. The molecular formula is C27H25F3N4O3. The molecule has 4 aromatic rings. The van der Waals surface area contributed by atoms with Crippen LogP contribution in [0.5, 0.6) is 5.75 Å². The zero-order valence-electron chi connectivity index (χ0n) is 20.1. The van der Waals surface area contributed by atoms with Crippen molar-refractivity contribution < 1.29 is 27.4 Å². The van der Waals surface area contributed by atoms with Crippen molar-refractivity contribution in [1.29, 1.82) is 0 Å². The number of para-hydroxylation sites is 1. The van der Waals surface area contributed by atoms with E-state index in [1.807, 2.05) is 18.2 Å². The molecule has 10 heteroatoms. The van der Waals surface area contributed by atoms with Gasteiger partial charge in [-0.1, -0.05) is 12.1 Å². The van der Waals surface area contributed by atoms with Crippen LogP contribution in [0.3, 0.4) is 0 Å². The second-order valence-electron chi connectivity index (χ2n) is 8.95. The molecule has 0 unspecified atom stereocenters. The molecule has 3 heterocycles. The van der Waals surface area contributed by atoms with Crippen LogP contribution in [-0.4, -0.2) is 47.7 Å². The van der Waals surface area contributed by atoms with E-state index < -0.39 is 17.7 Å². The number of piperidine rings is 1. The van der Waals surface area contributed by atoms with Crippen molar-refractivity contribution in [1.82, 2.24) is 15.0 Å². The van der Waals surface area contributed by atoms with Crippen LogP contribution in [0, 0.1) is 5.92 Å². The molecule has 0 spiro atoms. The van der Waals surface area contributed by atoms with E-state index in [2.05, 4.69) is 19.9 Å². The third-order valence-corrected chi connectivity index (χ3v) is 6.54. The number of esters is 1. The average molecular weight is 511 g/mol. The monoisotopic (exact) mass is 510 g/mol. The Morgan fingerprint density at radius 1 is 1.11 bits per heavy atom. The molecule has 1 aliphatic heterocycles. The van der Waals surface area contributed by atoms with Crippen molar-refractivity contribution in [3.8, 4) is 17.1 Å². The lowest BCUT2D eigenvalue weighted by atomic mass is 9.97. The van der Waals surface area contributed by atoms with Crippen molar-refractivity contribution in [3.63, 3.8) is 0 Å². The minimum absolute atomic E-state index is 0.326. The zero-order chi connectivity index (χ0) is 26.0. The van der Waals surface area contributed by atoms with Gasteiger partial charge in [0.15, 0.2) is 0 Å². The number of hydrogen-bond donors (Lipinski definition) is 1. The average Bonchev–Trinajstić information content (AvgIpc) is 3.35. The fourth-order valence-corrected chi connectivity index (χ4v) is 4.44. The third kappa shape index (κ3) is 5.37. The van der Waals surface area contributed by atoms with E-state index in [4.69, 9.17) is 9.47 Å². The Bertz CT molecular complexity index is 1390. The maximum Gasteiger partial charge on any atom is 0.416 e. The van der Waals surface area contributed by atoms with E-state index in [9.17, 15) is 18.0 Å². The minimum Gasteiger partial charge on any atom is -0.492 e. The Morgan fingerprint density at radius 2 is 1.89 bits per heavy atom. The topological polar surface area (TPSA) is 80.3 Å². The summed E-state index contributed by atoms with van der Waals surface area (Å²) in [5.41, 5.74) is 1.18. The molecule has 5 rings (SSSR count). The van der Waals surface area contributed by atoms with E-state index >= 15 is 0 Å². The molecule has 1 N–H and O–H groups in total. The van der Waals surface area contributed by atoms with Crippen LogP contribution >= 0.6 is 0 Å². The van der Waals surface area contributed by atoms with Gasteiger partial charge < -0.3 is 19.4 Å². The molecule has 7 nitrogen and oxygen atoms in total. The Kier molecular flexibility index (Phi) is 6.73. The molecular weight excluding hydrogens is 485 g/mol. The quantitative estimate of drug-likeness (QED) is 0.334. The van der Waals surface area contributed by atoms with Gasteiger partial charge >= 0.3 is 12.1 Å². The highest BCUT2D eigenvalue weighted by Crippen LogP contribution is 2.32. The van der Waals surface area contributed by atoms with Gasteiger partial charge in [-0.15, -0.1) is 0 Å². The van der Waals surface area contributed by atoms with E-state index in [0.717, 1.165) is 43.9 Å². The molecule has 0 amide bonds. The van der Waals surface area contributed by atoms with E-state index in [-0.39, 0.29) is 0 Å². The highest BCUT2D eigenvalue weighted by molar-refractivity contribution is 5.92. The van der Waals surface area contributed by atoms with Crippen molar-refractivity contribution in [2.75, 3.05) is 31.7 Å². The SMILES string of the molecule is COC(=O)c1ccccc1OCC1CCN(c2ccc(-c3nc4ccc(C(F)(F)F)cc4[nH]3)cn2)CC1. The predicted octanol–water partition coefficient (Wildman–Crippen LogP) is 5.73. The summed E-state index contributed by atoms with van der Waals surface area (Å²) in [6, 6.07) is 14.3. The number of H-pyrrole nitrogens is 1. The summed E-state index contributed by atoms with van der Waals surface area (Å²) >= 11 is 0.